The van der Waals surface area contributed by atoms with Crippen LogP contribution in [0.2, 0.25) is 0 Å². The smallest absolute Gasteiger partial charge is 0.191 e. The molecule has 1 aliphatic rings. The fraction of sp³-hybridized carbons (Fsp3) is 0.588. The van der Waals surface area contributed by atoms with Gasteiger partial charge in [0.05, 0.1) is 7.11 Å². The summed E-state index contributed by atoms with van der Waals surface area (Å²) in [6.07, 6.45) is 7.17. The minimum atomic E-state index is 0. The number of halogens is 1. The normalized spacial score (nSPS) is 15.9. The van der Waals surface area contributed by atoms with E-state index in [1.807, 2.05) is 12.1 Å². The van der Waals surface area contributed by atoms with Crippen LogP contribution < -0.4 is 10.5 Å². The van der Waals surface area contributed by atoms with Crippen LogP contribution in [0.1, 0.15) is 37.7 Å². The second kappa shape index (κ2) is 10.7. The van der Waals surface area contributed by atoms with Crippen LogP contribution in [-0.2, 0) is 6.42 Å². The van der Waals surface area contributed by atoms with E-state index >= 15 is 0 Å². The fourth-order valence-corrected chi connectivity index (χ4v) is 2.67. The van der Waals surface area contributed by atoms with Gasteiger partial charge in [-0.25, -0.2) is 0 Å². The average Bonchev–Trinajstić information content (AvgIpc) is 2.81. The van der Waals surface area contributed by atoms with E-state index in [4.69, 9.17) is 10.5 Å². The maximum atomic E-state index is 6.09. The van der Waals surface area contributed by atoms with Crippen LogP contribution in [0.3, 0.4) is 0 Å². The Bertz CT molecular complexity index is 440. The predicted octanol–water partition coefficient (Wildman–Crippen LogP) is 3.44. The molecule has 0 unspecified atom stereocenters. The quantitative estimate of drug-likeness (QED) is 0.346. The monoisotopic (exact) mass is 417 g/mol. The maximum Gasteiger partial charge on any atom is 0.191 e. The number of guanidine groups is 1. The predicted molar refractivity (Wildman–Crippen MR) is 103 cm³/mol. The van der Waals surface area contributed by atoms with Gasteiger partial charge in [0.2, 0.25) is 0 Å². The lowest BCUT2D eigenvalue weighted by Gasteiger charge is -2.21. The van der Waals surface area contributed by atoms with Crippen molar-refractivity contribution in [3.05, 3.63) is 29.8 Å². The van der Waals surface area contributed by atoms with Crippen molar-refractivity contribution in [3.63, 3.8) is 0 Å². The van der Waals surface area contributed by atoms with Gasteiger partial charge in [0.15, 0.2) is 5.96 Å². The summed E-state index contributed by atoms with van der Waals surface area (Å²) in [4.78, 5) is 6.77. The number of ether oxygens (including phenoxy) is 1. The van der Waals surface area contributed by atoms with Crippen molar-refractivity contribution < 1.29 is 4.74 Å². The lowest BCUT2D eigenvalue weighted by Crippen LogP contribution is -2.38. The molecule has 1 fully saturated rings. The Balaban J connectivity index is 0.00000242. The van der Waals surface area contributed by atoms with Crippen molar-refractivity contribution in [2.24, 2.45) is 10.7 Å². The molecule has 4 nitrogen and oxygen atoms in total. The number of rotatable bonds is 5. The zero-order chi connectivity index (χ0) is 14.9. The highest BCUT2D eigenvalue weighted by Crippen LogP contribution is 2.13. The van der Waals surface area contributed by atoms with E-state index in [2.05, 4.69) is 22.0 Å². The first-order valence-electron chi connectivity index (χ1n) is 7.97. The summed E-state index contributed by atoms with van der Waals surface area (Å²) in [5.74, 6) is 1.63. The second-order valence-electron chi connectivity index (χ2n) is 5.59. The Labute approximate surface area is 151 Å². The lowest BCUT2D eigenvalue weighted by atomic mass is 10.1. The van der Waals surface area contributed by atoms with E-state index in [1.165, 1.54) is 31.2 Å². The van der Waals surface area contributed by atoms with Gasteiger partial charge >= 0.3 is 0 Å². The van der Waals surface area contributed by atoms with E-state index in [0.717, 1.165) is 44.2 Å². The third-order valence-corrected chi connectivity index (χ3v) is 3.99. The molecule has 0 aliphatic carbocycles. The van der Waals surface area contributed by atoms with Crippen LogP contribution in [0.4, 0.5) is 0 Å². The molecule has 1 aromatic rings. The average molecular weight is 417 g/mol. The fourth-order valence-electron chi connectivity index (χ4n) is 2.67. The van der Waals surface area contributed by atoms with E-state index in [-0.39, 0.29) is 24.0 Å². The van der Waals surface area contributed by atoms with Crippen LogP contribution in [0, 0.1) is 0 Å². The van der Waals surface area contributed by atoms with Crippen LogP contribution in [0.15, 0.2) is 29.3 Å². The molecular weight excluding hydrogens is 389 g/mol. The minimum Gasteiger partial charge on any atom is -0.497 e. The number of likely N-dealkylation sites (tertiary alicyclic amines) is 1. The number of nitrogens with two attached hydrogens (primary N) is 1. The molecule has 0 atom stereocenters. The number of hydrogen-bond donors (Lipinski definition) is 1. The van der Waals surface area contributed by atoms with Crippen molar-refractivity contribution in [1.29, 1.82) is 0 Å². The first kappa shape index (κ1) is 19.1. The number of aliphatic imine (C=N–C) groups is 1. The van der Waals surface area contributed by atoms with Gasteiger partial charge < -0.3 is 15.4 Å². The zero-order valence-electron chi connectivity index (χ0n) is 13.5. The summed E-state index contributed by atoms with van der Waals surface area (Å²) in [6.45, 7) is 2.93. The molecule has 5 heteroatoms. The van der Waals surface area contributed by atoms with Crippen molar-refractivity contribution in [3.8, 4) is 5.75 Å². The first-order valence-corrected chi connectivity index (χ1v) is 7.97. The summed E-state index contributed by atoms with van der Waals surface area (Å²) in [6, 6.07) is 8.23. The van der Waals surface area contributed by atoms with Crippen molar-refractivity contribution in [1.82, 2.24) is 4.90 Å². The molecular formula is C17H28IN3O. The standard InChI is InChI=1S/C17H27N3O.HI/c1-21-16-10-8-15(9-11-16)7-6-12-19-17(18)20-13-4-2-3-5-14-20;/h8-11H,2-7,12-14H2,1H3,(H2,18,19);1H. The van der Waals surface area contributed by atoms with Crippen LogP contribution in [-0.4, -0.2) is 37.6 Å². The van der Waals surface area contributed by atoms with Gasteiger partial charge in [-0.15, -0.1) is 24.0 Å². The number of benzene rings is 1. The Hall–Kier alpha value is -0.980. The highest BCUT2D eigenvalue weighted by Gasteiger charge is 2.10. The van der Waals surface area contributed by atoms with Crippen molar-refractivity contribution in [2.75, 3.05) is 26.7 Å². The van der Waals surface area contributed by atoms with Gasteiger partial charge in [-0.1, -0.05) is 25.0 Å². The number of nitrogens with zero attached hydrogens (tertiary/aromatic N) is 2. The second-order valence-corrected chi connectivity index (χ2v) is 5.59. The maximum absolute atomic E-state index is 6.09. The summed E-state index contributed by atoms with van der Waals surface area (Å²) in [5, 5.41) is 0. The number of methoxy groups -OCH3 is 1. The SMILES string of the molecule is COc1ccc(CCCN=C(N)N2CCCCCC2)cc1.I. The molecule has 1 heterocycles. The van der Waals surface area contributed by atoms with Gasteiger partial charge in [0.1, 0.15) is 5.75 Å². The molecule has 0 aromatic heterocycles. The van der Waals surface area contributed by atoms with Crippen molar-refractivity contribution in [2.45, 2.75) is 38.5 Å². The lowest BCUT2D eigenvalue weighted by molar-refractivity contribution is 0.414. The largest absolute Gasteiger partial charge is 0.497 e. The minimum absolute atomic E-state index is 0. The first-order chi connectivity index (χ1) is 10.3. The summed E-state index contributed by atoms with van der Waals surface area (Å²) in [5.41, 5.74) is 7.41. The molecule has 0 saturated carbocycles. The van der Waals surface area contributed by atoms with E-state index < -0.39 is 0 Å². The Morgan fingerprint density at radius 2 is 1.77 bits per heavy atom. The van der Waals surface area contributed by atoms with Gasteiger partial charge in [-0.05, 0) is 43.4 Å². The molecule has 0 amide bonds. The van der Waals surface area contributed by atoms with Crippen LogP contribution in [0.25, 0.3) is 0 Å². The molecule has 2 rings (SSSR count). The van der Waals surface area contributed by atoms with Crippen LogP contribution in [0.5, 0.6) is 5.75 Å². The van der Waals surface area contributed by atoms with Gasteiger partial charge in [0.25, 0.3) is 0 Å². The summed E-state index contributed by atoms with van der Waals surface area (Å²) >= 11 is 0. The molecule has 1 aliphatic heterocycles. The van der Waals surface area contributed by atoms with E-state index in [9.17, 15) is 0 Å². The van der Waals surface area contributed by atoms with Gasteiger partial charge in [0, 0.05) is 19.6 Å². The highest BCUT2D eigenvalue weighted by molar-refractivity contribution is 14.0. The molecule has 2 N–H and O–H groups in total. The molecule has 1 aromatic carbocycles. The third-order valence-electron chi connectivity index (χ3n) is 3.99. The Morgan fingerprint density at radius 3 is 2.36 bits per heavy atom. The van der Waals surface area contributed by atoms with E-state index in [0.29, 0.717) is 0 Å². The van der Waals surface area contributed by atoms with Crippen LogP contribution >= 0.6 is 24.0 Å². The third kappa shape index (κ3) is 6.42. The molecule has 0 bridgehead atoms. The molecule has 124 valence electrons. The molecule has 22 heavy (non-hydrogen) atoms. The Kier molecular flexibility index (Phi) is 9.27. The summed E-state index contributed by atoms with van der Waals surface area (Å²) in [7, 11) is 1.69. The molecule has 1 saturated heterocycles. The van der Waals surface area contributed by atoms with Crippen molar-refractivity contribution >= 4 is 29.9 Å². The highest BCUT2D eigenvalue weighted by atomic mass is 127. The van der Waals surface area contributed by atoms with Gasteiger partial charge in [-0.2, -0.15) is 0 Å². The Morgan fingerprint density at radius 1 is 1.14 bits per heavy atom. The molecule has 0 spiro atoms. The molecule has 0 radical (unpaired) electrons. The van der Waals surface area contributed by atoms with E-state index in [1.54, 1.807) is 7.11 Å². The number of aryl methyl sites for hydroxylation is 1. The topological polar surface area (TPSA) is 50.9 Å². The zero-order valence-corrected chi connectivity index (χ0v) is 15.8. The number of hydrogen-bond acceptors (Lipinski definition) is 2. The summed E-state index contributed by atoms with van der Waals surface area (Å²) < 4.78 is 5.16. The van der Waals surface area contributed by atoms with Gasteiger partial charge in [-0.3, -0.25) is 4.99 Å².